The van der Waals surface area contributed by atoms with Gasteiger partial charge in [0.15, 0.2) is 0 Å². The van der Waals surface area contributed by atoms with Gasteiger partial charge in [0.05, 0.1) is 5.69 Å². The molecular formula is C19H25N5O2. The largest absolute Gasteiger partial charge is 0.322 e. The van der Waals surface area contributed by atoms with Crippen molar-refractivity contribution in [3.05, 3.63) is 57.0 Å². The van der Waals surface area contributed by atoms with Gasteiger partial charge in [-0.1, -0.05) is 12.1 Å². The Morgan fingerprint density at radius 1 is 1.23 bits per heavy atom. The van der Waals surface area contributed by atoms with Crippen LogP contribution < -0.4 is 10.9 Å². The van der Waals surface area contributed by atoms with Gasteiger partial charge < -0.3 is 10.2 Å². The molecule has 0 aliphatic carbocycles. The Balaban J connectivity index is 1.72. The summed E-state index contributed by atoms with van der Waals surface area (Å²) in [6, 6.07) is 7.79. The zero-order chi connectivity index (χ0) is 18.7. The normalized spacial score (nSPS) is 15.8. The highest BCUT2D eigenvalue weighted by atomic mass is 16.2. The van der Waals surface area contributed by atoms with E-state index in [1.165, 1.54) is 0 Å². The standard InChI is InChI=1S/C19H25N5O2/c1-13-14(2)21-22-19(26)17(13)18(25)20-16-6-4-5-15(11-16)12-24-9-7-23(3)8-10-24/h4-6,11H,7-10,12H2,1-3H3,(H,20,25)(H,22,26). The number of nitrogens with one attached hydrogen (secondary N) is 2. The molecule has 1 amide bonds. The number of anilines is 1. The van der Waals surface area contributed by atoms with Crippen LogP contribution >= 0.6 is 0 Å². The number of hydrogen-bond acceptors (Lipinski definition) is 5. The molecule has 1 aliphatic heterocycles. The molecule has 0 radical (unpaired) electrons. The molecular weight excluding hydrogens is 330 g/mol. The number of aromatic nitrogens is 2. The maximum absolute atomic E-state index is 12.6. The number of rotatable bonds is 4. The van der Waals surface area contributed by atoms with E-state index in [0.717, 1.165) is 38.3 Å². The summed E-state index contributed by atoms with van der Waals surface area (Å²) in [5.74, 6) is -0.411. The van der Waals surface area contributed by atoms with Gasteiger partial charge in [-0.15, -0.1) is 0 Å². The SMILES string of the molecule is Cc1n[nH]c(=O)c(C(=O)Nc2cccc(CN3CCN(C)CC3)c2)c1C. The molecule has 2 aromatic rings. The smallest absolute Gasteiger partial charge is 0.277 e. The highest BCUT2D eigenvalue weighted by Gasteiger charge is 2.17. The highest BCUT2D eigenvalue weighted by molar-refractivity contribution is 6.05. The third-order valence-corrected chi connectivity index (χ3v) is 4.88. The molecule has 1 saturated heterocycles. The number of benzene rings is 1. The minimum Gasteiger partial charge on any atom is -0.322 e. The van der Waals surface area contributed by atoms with Crippen LogP contribution in [0, 0.1) is 13.8 Å². The maximum Gasteiger partial charge on any atom is 0.277 e. The molecule has 0 atom stereocenters. The Bertz CT molecular complexity index is 853. The topological polar surface area (TPSA) is 81.3 Å². The molecule has 1 aromatic heterocycles. The number of H-pyrrole nitrogens is 1. The molecule has 1 aliphatic rings. The number of likely N-dealkylation sites (N-methyl/N-ethyl adjacent to an activating group) is 1. The van der Waals surface area contributed by atoms with Crippen molar-refractivity contribution in [1.29, 1.82) is 0 Å². The van der Waals surface area contributed by atoms with Crippen LogP contribution in [0.5, 0.6) is 0 Å². The molecule has 1 fully saturated rings. The summed E-state index contributed by atoms with van der Waals surface area (Å²) in [5.41, 5.74) is 2.71. The van der Waals surface area contributed by atoms with E-state index in [2.05, 4.69) is 38.4 Å². The van der Waals surface area contributed by atoms with Crippen molar-refractivity contribution in [1.82, 2.24) is 20.0 Å². The van der Waals surface area contributed by atoms with Gasteiger partial charge in [0.1, 0.15) is 5.56 Å². The fourth-order valence-corrected chi connectivity index (χ4v) is 3.10. The molecule has 0 spiro atoms. The lowest BCUT2D eigenvalue weighted by Crippen LogP contribution is -2.43. The monoisotopic (exact) mass is 355 g/mol. The van der Waals surface area contributed by atoms with Crippen LogP contribution in [-0.4, -0.2) is 59.1 Å². The van der Waals surface area contributed by atoms with Crippen LogP contribution in [0.4, 0.5) is 5.69 Å². The van der Waals surface area contributed by atoms with E-state index >= 15 is 0 Å². The van der Waals surface area contributed by atoms with E-state index in [1.807, 2.05) is 18.2 Å². The number of aromatic amines is 1. The summed E-state index contributed by atoms with van der Waals surface area (Å²) in [6.07, 6.45) is 0. The maximum atomic E-state index is 12.6. The van der Waals surface area contributed by atoms with Gasteiger partial charge in [-0.25, -0.2) is 5.10 Å². The summed E-state index contributed by atoms with van der Waals surface area (Å²) in [5, 5.41) is 9.09. The summed E-state index contributed by atoms with van der Waals surface area (Å²) in [4.78, 5) is 29.3. The quantitative estimate of drug-likeness (QED) is 0.866. The summed E-state index contributed by atoms with van der Waals surface area (Å²) in [6.45, 7) is 8.57. The molecule has 7 heteroatoms. The first-order valence-corrected chi connectivity index (χ1v) is 8.81. The van der Waals surface area contributed by atoms with Gasteiger partial charge in [0.2, 0.25) is 0 Å². The first kappa shape index (κ1) is 18.3. The lowest BCUT2D eigenvalue weighted by Gasteiger charge is -2.32. The van der Waals surface area contributed by atoms with E-state index < -0.39 is 11.5 Å². The second kappa shape index (κ2) is 7.80. The van der Waals surface area contributed by atoms with Gasteiger partial charge in [-0.05, 0) is 44.2 Å². The van der Waals surface area contributed by atoms with Crippen LogP contribution in [0.25, 0.3) is 0 Å². The molecule has 3 rings (SSSR count). The highest BCUT2D eigenvalue weighted by Crippen LogP contribution is 2.15. The molecule has 1 aromatic carbocycles. The van der Waals surface area contributed by atoms with E-state index in [-0.39, 0.29) is 5.56 Å². The first-order chi connectivity index (χ1) is 12.4. The molecule has 26 heavy (non-hydrogen) atoms. The van der Waals surface area contributed by atoms with Gasteiger partial charge in [0.25, 0.3) is 11.5 Å². The Morgan fingerprint density at radius 3 is 2.69 bits per heavy atom. The predicted molar refractivity (Wildman–Crippen MR) is 102 cm³/mol. The molecule has 0 bridgehead atoms. The number of hydrogen-bond donors (Lipinski definition) is 2. The summed E-state index contributed by atoms with van der Waals surface area (Å²) >= 11 is 0. The Hall–Kier alpha value is -2.51. The average molecular weight is 355 g/mol. The zero-order valence-corrected chi connectivity index (χ0v) is 15.5. The number of nitrogens with zero attached hydrogens (tertiary/aromatic N) is 3. The van der Waals surface area contributed by atoms with E-state index in [1.54, 1.807) is 13.8 Å². The van der Waals surface area contributed by atoms with Crippen molar-refractivity contribution in [2.45, 2.75) is 20.4 Å². The molecule has 2 N–H and O–H groups in total. The van der Waals surface area contributed by atoms with Crippen LogP contribution in [0.2, 0.25) is 0 Å². The van der Waals surface area contributed by atoms with Crippen LogP contribution in [0.15, 0.2) is 29.1 Å². The lowest BCUT2D eigenvalue weighted by atomic mass is 10.1. The number of amides is 1. The van der Waals surface area contributed by atoms with E-state index in [0.29, 0.717) is 16.9 Å². The molecule has 0 unspecified atom stereocenters. The number of aryl methyl sites for hydroxylation is 1. The fourth-order valence-electron chi connectivity index (χ4n) is 3.10. The van der Waals surface area contributed by atoms with Crippen molar-refractivity contribution in [2.24, 2.45) is 0 Å². The lowest BCUT2D eigenvalue weighted by molar-refractivity contribution is 0.102. The van der Waals surface area contributed by atoms with Crippen molar-refractivity contribution >= 4 is 11.6 Å². The van der Waals surface area contributed by atoms with Gasteiger partial charge in [-0.3, -0.25) is 14.5 Å². The van der Waals surface area contributed by atoms with E-state index in [9.17, 15) is 9.59 Å². The van der Waals surface area contributed by atoms with Gasteiger partial charge in [0, 0.05) is 38.4 Å². The summed E-state index contributed by atoms with van der Waals surface area (Å²) < 4.78 is 0. The number of piperazine rings is 1. The van der Waals surface area contributed by atoms with Crippen LogP contribution in [-0.2, 0) is 6.54 Å². The molecule has 2 heterocycles. The average Bonchev–Trinajstić information content (AvgIpc) is 2.61. The van der Waals surface area contributed by atoms with E-state index in [4.69, 9.17) is 0 Å². The van der Waals surface area contributed by atoms with Crippen molar-refractivity contribution in [3.63, 3.8) is 0 Å². The Morgan fingerprint density at radius 2 is 1.96 bits per heavy atom. The van der Waals surface area contributed by atoms with Crippen molar-refractivity contribution in [2.75, 3.05) is 38.5 Å². The first-order valence-electron chi connectivity index (χ1n) is 8.81. The number of carbonyl (C=O) groups excluding carboxylic acids is 1. The van der Waals surface area contributed by atoms with Crippen molar-refractivity contribution in [3.8, 4) is 0 Å². The van der Waals surface area contributed by atoms with Gasteiger partial charge in [-0.2, -0.15) is 5.10 Å². The Kier molecular flexibility index (Phi) is 5.49. The molecule has 138 valence electrons. The third-order valence-electron chi connectivity index (χ3n) is 4.88. The molecule has 0 saturated carbocycles. The zero-order valence-electron chi connectivity index (χ0n) is 15.5. The van der Waals surface area contributed by atoms with Gasteiger partial charge >= 0.3 is 0 Å². The summed E-state index contributed by atoms with van der Waals surface area (Å²) in [7, 11) is 2.14. The van der Waals surface area contributed by atoms with Crippen LogP contribution in [0.3, 0.4) is 0 Å². The minimum absolute atomic E-state index is 0.113. The molecule has 7 nitrogen and oxygen atoms in total. The van der Waals surface area contributed by atoms with Crippen LogP contribution in [0.1, 0.15) is 27.2 Å². The minimum atomic E-state index is -0.473. The second-order valence-electron chi connectivity index (χ2n) is 6.87. The number of carbonyl (C=O) groups is 1. The van der Waals surface area contributed by atoms with Crippen molar-refractivity contribution < 1.29 is 4.79 Å². The Labute approximate surface area is 153 Å². The predicted octanol–water partition coefficient (Wildman–Crippen LogP) is 1.39. The second-order valence-corrected chi connectivity index (χ2v) is 6.87. The fraction of sp³-hybridized carbons (Fsp3) is 0.421. The third kappa shape index (κ3) is 4.17.